The quantitative estimate of drug-likeness (QED) is 0.632. The van der Waals surface area contributed by atoms with Crippen LogP contribution in [0.25, 0.3) is 0 Å². The summed E-state index contributed by atoms with van der Waals surface area (Å²) in [5, 5.41) is 6.71. The summed E-state index contributed by atoms with van der Waals surface area (Å²) >= 11 is 6.41. The van der Waals surface area contributed by atoms with Crippen molar-refractivity contribution in [2.24, 2.45) is 11.8 Å². The molecule has 33 heavy (non-hydrogen) atoms. The Kier molecular flexibility index (Phi) is 6.56. The molecule has 0 unspecified atom stereocenters. The normalized spacial score (nSPS) is 20.0. The summed E-state index contributed by atoms with van der Waals surface area (Å²) in [5.74, 6) is -1.22. The number of fused-ring (bicyclic) bond motifs is 1. The van der Waals surface area contributed by atoms with Crippen molar-refractivity contribution in [1.82, 2.24) is 4.90 Å². The average molecular weight is 480 g/mol. The third-order valence-electron chi connectivity index (χ3n) is 6.31. The number of anilines is 2. The van der Waals surface area contributed by atoms with Crippen LogP contribution in [0.2, 0.25) is 5.02 Å². The number of hydrogen-bond acceptors (Lipinski definition) is 3. The van der Waals surface area contributed by atoms with Crippen LogP contribution in [0.5, 0.6) is 0 Å². The maximum Gasteiger partial charge on any atom is 0.471 e. The Labute approximate surface area is 195 Å². The molecule has 2 atom stereocenters. The van der Waals surface area contributed by atoms with E-state index in [-0.39, 0.29) is 31.3 Å². The van der Waals surface area contributed by atoms with Crippen LogP contribution in [0.1, 0.15) is 30.0 Å². The number of nitrogens with zero attached hydrogens (tertiary/aromatic N) is 1. The van der Waals surface area contributed by atoms with Crippen molar-refractivity contribution < 1.29 is 22.8 Å². The lowest BCUT2D eigenvalue weighted by Gasteiger charge is -2.21. The van der Waals surface area contributed by atoms with Crippen LogP contribution < -0.4 is 10.6 Å². The van der Waals surface area contributed by atoms with Gasteiger partial charge in [0.2, 0.25) is 5.91 Å². The van der Waals surface area contributed by atoms with Gasteiger partial charge < -0.3 is 15.5 Å². The van der Waals surface area contributed by atoms with Gasteiger partial charge in [0.15, 0.2) is 0 Å². The molecular formula is C24H25ClF3N3O2. The molecule has 1 aliphatic carbocycles. The van der Waals surface area contributed by atoms with Crippen LogP contribution in [0.4, 0.5) is 24.5 Å². The predicted octanol–water partition coefficient (Wildman–Crippen LogP) is 5.04. The van der Waals surface area contributed by atoms with Crippen LogP contribution in [0.3, 0.4) is 0 Å². The van der Waals surface area contributed by atoms with Gasteiger partial charge in [0.25, 0.3) is 0 Å². The van der Waals surface area contributed by atoms with E-state index in [9.17, 15) is 22.8 Å². The van der Waals surface area contributed by atoms with Crippen LogP contribution in [0, 0.1) is 11.8 Å². The second-order valence-electron chi connectivity index (χ2n) is 8.71. The van der Waals surface area contributed by atoms with Gasteiger partial charge in [0, 0.05) is 31.2 Å². The van der Waals surface area contributed by atoms with Crippen molar-refractivity contribution in [3.05, 3.63) is 58.1 Å². The highest BCUT2D eigenvalue weighted by molar-refractivity contribution is 6.33. The minimum Gasteiger partial charge on any atom is -0.380 e. The monoisotopic (exact) mass is 479 g/mol. The zero-order valence-corrected chi connectivity index (χ0v) is 18.9. The fourth-order valence-corrected chi connectivity index (χ4v) is 4.43. The number of carbonyl (C=O) groups excluding carboxylic acids is 2. The van der Waals surface area contributed by atoms with E-state index in [1.807, 2.05) is 30.3 Å². The third kappa shape index (κ3) is 5.43. The second-order valence-corrected chi connectivity index (χ2v) is 9.12. The molecule has 0 spiro atoms. The van der Waals surface area contributed by atoms with Crippen molar-refractivity contribution in [3.63, 3.8) is 0 Å². The van der Waals surface area contributed by atoms with Crippen LogP contribution in [-0.4, -0.2) is 36.0 Å². The van der Waals surface area contributed by atoms with E-state index in [0.29, 0.717) is 29.6 Å². The highest BCUT2D eigenvalue weighted by Crippen LogP contribution is 2.38. The van der Waals surface area contributed by atoms with Crippen LogP contribution in [-0.2, 0) is 29.0 Å². The molecule has 4 rings (SSSR count). The van der Waals surface area contributed by atoms with Crippen LogP contribution >= 0.6 is 11.6 Å². The summed E-state index contributed by atoms with van der Waals surface area (Å²) in [4.78, 5) is 24.6. The first-order valence-electron chi connectivity index (χ1n) is 10.9. The Morgan fingerprint density at radius 2 is 1.76 bits per heavy atom. The molecule has 1 fully saturated rings. The summed E-state index contributed by atoms with van der Waals surface area (Å²) in [5.41, 5.74) is 4.09. The molecule has 2 aromatic rings. The summed E-state index contributed by atoms with van der Waals surface area (Å²) in [6.45, 7) is 2.50. The van der Waals surface area contributed by atoms with Gasteiger partial charge in [0.05, 0.1) is 10.7 Å². The van der Waals surface area contributed by atoms with E-state index in [1.165, 1.54) is 0 Å². The van der Waals surface area contributed by atoms with Gasteiger partial charge >= 0.3 is 12.1 Å². The van der Waals surface area contributed by atoms with Crippen molar-refractivity contribution in [2.45, 2.75) is 38.9 Å². The number of benzene rings is 2. The Balaban J connectivity index is 1.41. The molecule has 1 aliphatic heterocycles. The molecule has 1 saturated carbocycles. The molecule has 0 saturated heterocycles. The lowest BCUT2D eigenvalue weighted by Crippen LogP contribution is -2.42. The third-order valence-corrected chi connectivity index (χ3v) is 6.62. The number of amides is 2. The molecule has 2 aliphatic rings. The minimum absolute atomic E-state index is 0.0131. The highest BCUT2D eigenvalue weighted by Gasteiger charge is 2.42. The first kappa shape index (κ1) is 23.4. The Hall–Kier alpha value is -2.74. The molecule has 5 nitrogen and oxygen atoms in total. The average Bonchev–Trinajstić information content (AvgIpc) is 3.54. The number of rotatable bonds is 5. The highest BCUT2D eigenvalue weighted by atomic mass is 35.5. The maximum absolute atomic E-state index is 12.9. The van der Waals surface area contributed by atoms with Gasteiger partial charge in [-0.25, -0.2) is 0 Å². The van der Waals surface area contributed by atoms with E-state index in [0.717, 1.165) is 33.7 Å². The first-order valence-corrected chi connectivity index (χ1v) is 11.3. The fraction of sp³-hybridized carbons (Fsp3) is 0.417. The number of nitrogens with one attached hydrogen (secondary N) is 2. The smallest absolute Gasteiger partial charge is 0.380 e. The maximum atomic E-state index is 12.9. The van der Waals surface area contributed by atoms with Gasteiger partial charge in [-0.15, -0.1) is 0 Å². The molecule has 0 bridgehead atoms. The second kappa shape index (κ2) is 9.25. The van der Waals surface area contributed by atoms with Gasteiger partial charge in [-0.2, -0.15) is 13.2 Å². The molecule has 2 amide bonds. The Morgan fingerprint density at radius 3 is 2.39 bits per heavy atom. The number of hydrogen-bond donors (Lipinski definition) is 2. The standard InChI is InChI=1S/C24H25ClF3N3O2/c1-14-12-19(14)22(32)30-17-5-2-15(3-6-17)13-29-21-18-9-11-31(23(33)24(26,27)28)10-8-16(18)4-7-20(21)25/h2-7,14,19,29H,8-13H2,1H3,(H,30,32)/t14-,19-/m1/s1. The molecule has 176 valence electrons. The molecule has 2 N–H and O–H groups in total. The molecule has 1 heterocycles. The van der Waals surface area contributed by atoms with E-state index >= 15 is 0 Å². The van der Waals surface area contributed by atoms with E-state index in [1.54, 1.807) is 6.07 Å². The minimum atomic E-state index is -4.88. The molecule has 0 radical (unpaired) electrons. The Morgan fingerprint density at radius 1 is 1.09 bits per heavy atom. The zero-order valence-electron chi connectivity index (χ0n) is 18.1. The van der Waals surface area contributed by atoms with Gasteiger partial charge in [-0.05, 0) is 60.1 Å². The van der Waals surface area contributed by atoms with Gasteiger partial charge in [0.1, 0.15) is 0 Å². The number of alkyl halides is 3. The Bertz CT molecular complexity index is 1060. The predicted molar refractivity (Wildman–Crippen MR) is 121 cm³/mol. The summed E-state index contributed by atoms with van der Waals surface area (Å²) < 4.78 is 38.6. The fourth-order valence-electron chi connectivity index (χ4n) is 4.19. The lowest BCUT2D eigenvalue weighted by molar-refractivity contribution is -0.185. The molecule has 2 aromatic carbocycles. The lowest BCUT2D eigenvalue weighted by atomic mass is 10.0. The SMILES string of the molecule is C[C@@H]1C[C@H]1C(=O)Nc1ccc(CNc2c(Cl)ccc3c2CCN(C(=O)C(F)(F)F)CC3)cc1. The summed E-state index contributed by atoms with van der Waals surface area (Å²) in [6, 6.07) is 11.0. The van der Waals surface area contributed by atoms with Crippen molar-refractivity contribution in [2.75, 3.05) is 23.7 Å². The topological polar surface area (TPSA) is 61.4 Å². The van der Waals surface area contributed by atoms with Crippen molar-refractivity contribution in [3.8, 4) is 0 Å². The summed E-state index contributed by atoms with van der Waals surface area (Å²) in [6.07, 6.45) is -3.34. The number of halogens is 4. The summed E-state index contributed by atoms with van der Waals surface area (Å²) in [7, 11) is 0. The molecular weight excluding hydrogens is 455 g/mol. The van der Waals surface area contributed by atoms with Crippen molar-refractivity contribution in [1.29, 1.82) is 0 Å². The number of carbonyl (C=O) groups is 2. The molecule has 0 aromatic heterocycles. The van der Waals surface area contributed by atoms with E-state index in [2.05, 4.69) is 17.6 Å². The molecule has 9 heteroatoms. The van der Waals surface area contributed by atoms with Crippen LogP contribution in [0.15, 0.2) is 36.4 Å². The zero-order chi connectivity index (χ0) is 23.8. The first-order chi connectivity index (χ1) is 15.6. The van der Waals surface area contributed by atoms with E-state index < -0.39 is 12.1 Å². The van der Waals surface area contributed by atoms with Gasteiger partial charge in [-0.3, -0.25) is 9.59 Å². The van der Waals surface area contributed by atoms with Crippen molar-refractivity contribution >= 4 is 34.8 Å². The largest absolute Gasteiger partial charge is 0.471 e. The van der Waals surface area contributed by atoms with Gasteiger partial charge in [-0.1, -0.05) is 36.7 Å². The van der Waals surface area contributed by atoms with E-state index in [4.69, 9.17) is 11.6 Å².